The van der Waals surface area contributed by atoms with Crippen molar-refractivity contribution in [1.82, 2.24) is 4.90 Å². The van der Waals surface area contributed by atoms with Gasteiger partial charge >= 0.3 is 0 Å². The fourth-order valence-electron chi connectivity index (χ4n) is 3.33. The Morgan fingerprint density at radius 2 is 1.83 bits per heavy atom. The van der Waals surface area contributed by atoms with E-state index in [1.165, 1.54) is 0 Å². The monoisotopic (exact) mass is 331 g/mol. The number of likely N-dealkylation sites (tertiary alicyclic amines) is 1. The van der Waals surface area contributed by atoms with Gasteiger partial charge in [0.2, 0.25) is 5.91 Å². The summed E-state index contributed by atoms with van der Waals surface area (Å²) < 4.78 is 11.6. The van der Waals surface area contributed by atoms with E-state index in [4.69, 9.17) is 9.47 Å². The Balaban J connectivity index is 1.46. The Labute approximate surface area is 142 Å². The quantitative estimate of drug-likeness (QED) is 0.796. The Morgan fingerprint density at radius 1 is 1.17 bits per heavy atom. The summed E-state index contributed by atoms with van der Waals surface area (Å²) in [6.07, 6.45) is 2.05. The molecule has 5 heteroatoms. The number of hydrogen-bond acceptors (Lipinski definition) is 4. The van der Waals surface area contributed by atoms with E-state index >= 15 is 0 Å². The van der Waals surface area contributed by atoms with Crippen LogP contribution >= 0.6 is 0 Å². The number of amides is 1. The Morgan fingerprint density at radius 3 is 2.42 bits per heavy atom. The number of carbonyl (C=O) groups excluding carboxylic acids is 2. The van der Waals surface area contributed by atoms with Gasteiger partial charge in [-0.25, -0.2) is 0 Å². The maximum Gasteiger partial charge on any atom is 0.223 e. The summed E-state index contributed by atoms with van der Waals surface area (Å²) in [6.45, 7) is 5.87. The van der Waals surface area contributed by atoms with Crippen molar-refractivity contribution in [2.24, 2.45) is 0 Å². The predicted molar refractivity (Wildman–Crippen MR) is 89.8 cm³/mol. The van der Waals surface area contributed by atoms with E-state index in [0.717, 1.165) is 5.56 Å². The minimum atomic E-state index is -0.492. The first-order valence-electron chi connectivity index (χ1n) is 8.67. The van der Waals surface area contributed by atoms with Crippen LogP contribution in [0.5, 0.6) is 0 Å². The second-order valence-electron chi connectivity index (χ2n) is 6.82. The molecule has 2 aliphatic heterocycles. The van der Waals surface area contributed by atoms with Crippen LogP contribution in [0.25, 0.3) is 0 Å². The number of Topliss-reactive ketones (excluding diaryl/α,β-unsaturated/α-hetero) is 1. The molecule has 0 saturated carbocycles. The number of aryl methyl sites for hydroxylation is 1. The lowest BCUT2D eigenvalue weighted by Crippen LogP contribution is -2.47. The molecule has 1 aromatic carbocycles. The lowest BCUT2D eigenvalue weighted by atomic mass is 10.0. The summed E-state index contributed by atoms with van der Waals surface area (Å²) >= 11 is 0. The molecule has 0 radical (unpaired) electrons. The van der Waals surface area contributed by atoms with E-state index in [1.807, 2.05) is 43.0 Å². The first-order valence-corrected chi connectivity index (χ1v) is 8.67. The number of nitrogens with zero attached hydrogens (tertiary/aromatic N) is 1. The van der Waals surface area contributed by atoms with Gasteiger partial charge in [-0.3, -0.25) is 9.59 Å². The van der Waals surface area contributed by atoms with Gasteiger partial charge in [0.05, 0.1) is 12.7 Å². The molecule has 3 rings (SSSR count). The molecule has 5 nitrogen and oxygen atoms in total. The van der Waals surface area contributed by atoms with Gasteiger partial charge in [-0.1, -0.05) is 29.8 Å². The fourth-order valence-corrected chi connectivity index (χ4v) is 3.33. The number of piperidine rings is 1. The molecule has 2 aliphatic rings. The highest BCUT2D eigenvalue weighted by atomic mass is 16.7. The van der Waals surface area contributed by atoms with Gasteiger partial charge in [0.15, 0.2) is 11.6 Å². The topological polar surface area (TPSA) is 55.8 Å². The molecule has 0 aliphatic carbocycles. The molecule has 0 unspecified atom stereocenters. The van der Waals surface area contributed by atoms with Crippen molar-refractivity contribution < 1.29 is 19.1 Å². The van der Waals surface area contributed by atoms with Crippen molar-refractivity contribution >= 4 is 11.7 Å². The van der Waals surface area contributed by atoms with Crippen molar-refractivity contribution in [3.05, 3.63) is 35.4 Å². The van der Waals surface area contributed by atoms with E-state index in [9.17, 15) is 9.59 Å². The third-order valence-electron chi connectivity index (χ3n) is 4.81. The van der Waals surface area contributed by atoms with Crippen LogP contribution in [0.4, 0.5) is 0 Å². The predicted octanol–water partition coefficient (Wildman–Crippen LogP) is 2.71. The summed E-state index contributed by atoms with van der Waals surface area (Å²) in [5.41, 5.74) is 1.79. The molecule has 24 heavy (non-hydrogen) atoms. The highest BCUT2D eigenvalue weighted by Gasteiger charge is 2.43. The standard InChI is InChI=1S/C19H25NO4/c1-14-3-5-16(6-4-14)17(21)7-8-18(22)20-11-9-19(10-12-20)23-13-15(2)24-19/h3-6,15H,7-13H2,1-2H3/t15-/m1/s1. The molecule has 1 spiro atoms. The van der Waals surface area contributed by atoms with Crippen molar-refractivity contribution in [3.63, 3.8) is 0 Å². The third-order valence-corrected chi connectivity index (χ3v) is 4.81. The van der Waals surface area contributed by atoms with Gasteiger partial charge in [-0.15, -0.1) is 0 Å². The minimum absolute atomic E-state index is 0.0214. The number of ether oxygens (including phenoxy) is 2. The normalized spacial score (nSPS) is 22.8. The first kappa shape index (κ1) is 17.1. The molecule has 0 N–H and O–H groups in total. The Bertz CT molecular complexity index is 602. The van der Waals surface area contributed by atoms with E-state index in [1.54, 1.807) is 0 Å². The summed E-state index contributed by atoms with van der Waals surface area (Å²) in [5, 5.41) is 0. The van der Waals surface area contributed by atoms with Gasteiger partial charge in [0.25, 0.3) is 0 Å². The first-order chi connectivity index (χ1) is 11.5. The summed E-state index contributed by atoms with van der Waals surface area (Å²) in [5.74, 6) is -0.432. The SMILES string of the molecule is Cc1ccc(C(=O)CCC(=O)N2CCC3(CC2)OC[C@@H](C)O3)cc1. The molecule has 1 aromatic rings. The smallest absolute Gasteiger partial charge is 0.223 e. The van der Waals surface area contributed by atoms with E-state index in [0.29, 0.717) is 38.1 Å². The zero-order valence-corrected chi connectivity index (χ0v) is 14.4. The third kappa shape index (κ3) is 3.84. The molecule has 130 valence electrons. The lowest BCUT2D eigenvalue weighted by Gasteiger charge is -2.37. The van der Waals surface area contributed by atoms with Crippen molar-refractivity contribution in [2.45, 2.75) is 51.4 Å². The second kappa shape index (κ2) is 7.03. The second-order valence-corrected chi connectivity index (χ2v) is 6.82. The van der Waals surface area contributed by atoms with Crippen molar-refractivity contribution in [2.75, 3.05) is 19.7 Å². The summed E-state index contributed by atoms with van der Waals surface area (Å²) in [6, 6.07) is 7.48. The number of carbonyl (C=O) groups is 2. The van der Waals surface area contributed by atoms with Crippen LogP contribution in [0.15, 0.2) is 24.3 Å². The Kier molecular flexibility index (Phi) is 5.01. The van der Waals surface area contributed by atoms with Crippen LogP contribution in [0, 0.1) is 6.92 Å². The van der Waals surface area contributed by atoms with Gasteiger partial charge in [0, 0.05) is 44.3 Å². The van der Waals surface area contributed by atoms with Gasteiger partial charge < -0.3 is 14.4 Å². The van der Waals surface area contributed by atoms with Crippen LogP contribution in [0.3, 0.4) is 0 Å². The zero-order valence-electron chi connectivity index (χ0n) is 14.4. The number of ketones is 1. The molecule has 2 fully saturated rings. The molecule has 1 amide bonds. The average Bonchev–Trinajstić information content (AvgIpc) is 2.94. The number of hydrogen-bond donors (Lipinski definition) is 0. The molecular formula is C19H25NO4. The molecule has 0 bridgehead atoms. The molecular weight excluding hydrogens is 306 g/mol. The van der Waals surface area contributed by atoms with Crippen molar-refractivity contribution in [1.29, 1.82) is 0 Å². The highest BCUT2D eigenvalue weighted by molar-refractivity contribution is 5.97. The van der Waals surface area contributed by atoms with Gasteiger partial charge in [0.1, 0.15) is 0 Å². The summed E-state index contributed by atoms with van der Waals surface area (Å²) in [7, 11) is 0. The van der Waals surface area contributed by atoms with Crippen LogP contribution in [0.1, 0.15) is 48.5 Å². The maximum absolute atomic E-state index is 12.3. The van der Waals surface area contributed by atoms with Crippen LogP contribution < -0.4 is 0 Å². The van der Waals surface area contributed by atoms with Crippen LogP contribution in [-0.2, 0) is 14.3 Å². The van der Waals surface area contributed by atoms with Gasteiger partial charge in [-0.2, -0.15) is 0 Å². The van der Waals surface area contributed by atoms with Gasteiger partial charge in [-0.05, 0) is 13.8 Å². The zero-order chi connectivity index (χ0) is 17.2. The molecule has 0 aromatic heterocycles. The number of rotatable bonds is 4. The molecule has 2 saturated heterocycles. The molecule has 2 heterocycles. The largest absolute Gasteiger partial charge is 0.347 e. The van der Waals surface area contributed by atoms with E-state index in [-0.39, 0.29) is 30.6 Å². The highest BCUT2D eigenvalue weighted by Crippen LogP contribution is 2.34. The average molecular weight is 331 g/mol. The maximum atomic E-state index is 12.3. The molecule has 1 atom stereocenters. The van der Waals surface area contributed by atoms with E-state index in [2.05, 4.69) is 0 Å². The van der Waals surface area contributed by atoms with Crippen LogP contribution in [-0.4, -0.2) is 48.2 Å². The van der Waals surface area contributed by atoms with Crippen LogP contribution in [0.2, 0.25) is 0 Å². The van der Waals surface area contributed by atoms with E-state index < -0.39 is 5.79 Å². The lowest BCUT2D eigenvalue weighted by molar-refractivity contribution is -0.194. The number of benzene rings is 1. The minimum Gasteiger partial charge on any atom is -0.347 e. The fraction of sp³-hybridized carbons (Fsp3) is 0.579. The summed E-state index contributed by atoms with van der Waals surface area (Å²) in [4.78, 5) is 26.3. The Hall–Kier alpha value is -1.72. The van der Waals surface area contributed by atoms with Crippen molar-refractivity contribution in [3.8, 4) is 0 Å².